The van der Waals surface area contributed by atoms with Crippen molar-refractivity contribution >= 4 is 46.2 Å². The Morgan fingerprint density at radius 2 is 2.28 bits per heavy atom. The van der Waals surface area contributed by atoms with Crippen molar-refractivity contribution in [3.05, 3.63) is 20.3 Å². The Bertz CT molecular complexity index is 486. The Hall–Kier alpha value is -0.580. The van der Waals surface area contributed by atoms with Crippen molar-refractivity contribution in [2.24, 2.45) is 5.92 Å². The molecule has 0 saturated carbocycles. The smallest absolute Gasteiger partial charge is 0.223 e. The summed E-state index contributed by atoms with van der Waals surface area (Å²) < 4.78 is 0.881. The molecule has 1 fully saturated rings. The van der Waals surface area contributed by atoms with Crippen LogP contribution in [0.3, 0.4) is 0 Å². The minimum atomic E-state index is -0.145. The molecule has 2 heterocycles. The van der Waals surface area contributed by atoms with Gasteiger partial charge in [-0.3, -0.25) is 9.59 Å². The fourth-order valence-corrected chi connectivity index (χ4v) is 3.57. The van der Waals surface area contributed by atoms with E-state index >= 15 is 0 Å². The normalized spacial score (nSPS) is 19.6. The molecule has 2 rings (SSSR count). The molecular weight excluding hydrogens is 293 g/mol. The third-order valence-corrected chi connectivity index (χ3v) is 4.65. The fraction of sp³-hybridized carbons (Fsp3) is 0.500. The lowest BCUT2D eigenvalue weighted by Gasteiger charge is -2.15. The number of nitrogens with zero attached hydrogens (tertiary/aromatic N) is 1. The van der Waals surface area contributed by atoms with Crippen LogP contribution in [-0.2, 0) is 4.79 Å². The Kier molecular flexibility index (Phi) is 4.30. The minimum Gasteiger partial charge on any atom is -0.335 e. The van der Waals surface area contributed by atoms with E-state index in [1.54, 1.807) is 11.0 Å². The van der Waals surface area contributed by atoms with Crippen molar-refractivity contribution in [3.8, 4) is 0 Å². The van der Waals surface area contributed by atoms with E-state index < -0.39 is 0 Å². The summed E-state index contributed by atoms with van der Waals surface area (Å²) in [6.07, 6.45) is 1.50. The molecule has 1 aliphatic heterocycles. The molecule has 1 atom stereocenters. The first-order valence-corrected chi connectivity index (χ1v) is 7.34. The number of hydrogen-bond donors (Lipinski definition) is 0. The maximum absolute atomic E-state index is 12.0. The lowest BCUT2D eigenvalue weighted by Crippen LogP contribution is -2.31. The molecule has 3 nitrogen and oxygen atoms in total. The Labute approximate surface area is 120 Å². The molecular formula is C12H13Cl2NO2S. The minimum absolute atomic E-state index is 0.0487. The predicted octanol–water partition coefficient (Wildman–Crippen LogP) is 3.50. The van der Waals surface area contributed by atoms with Crippen molar-refractivity contribution < 1.29 is 9.59 Å². The first kappa shape index (κ1) is 13.8. The van der Waals surface area contributed by atoms with Crippen LogP contribution >= 0.6 is 34.5 Å². The number of halogens is 2. The summed E-state index contributed by atoms with van der Waals surface area (Å²) in [5.74, 6) is 0.271. The average Bonchev–Trinajstić information content (AvgIpc) is 2.82. The van der Waals surface area contributed by atoms with Crippen LogP contribution in [0.5, 0.6) is 0 Å². The second-order valence-corrected chi connectivity index (χ2v) is 6.70. The summed E-state index contributed by atoms with van der Waals surface area (Å²) in [6.45, 7) is 2.82. The van der Waals surface area contributed by atoms with E-state index in [0.717, 1.165) is 6.42 Å². The van der Waals surface area contributed by atoms with Crippen LogP contribution in [-0.4, -0.2) is 29.7 Å². The number of carbonyl (C=O) groups is 2. The van der Waals surface area contributed by atoms with Crippen molar-refractivity contribution in [2.75, 3.05) is 13.1 Å². The first-order chi connectivity index (χ1) is 8.51. The quantitative estimate of drug-likeness (QED) is 0.798. The van der Waals surface area contributed by atoms with E-state index in [-0.39, 0.29) is 18.2 Å². The Morgan fingerprint density at radius 3 is 2.78 bits per heavy atom. The molecule has 0 bridgehead atoms. The average molecular weight is 306 g/mol. The van der Waals surface area contributed by atoms with Gasteiger partial charge in [0.2, 0.25) is 5.91 Å². The molecule has 6 heteroatoms. The van der Waals surface area contributed by atoms with Gasteiger partial charge in [0, 0.05) is 13.0 Å². The number of thiophene rings is 1. The maximum atomic E-state index is 12.0. The fourth-order valence-electron chi connectivity index (χ4n) is 2.07. The van der Waals surface area contributed by atoms with Crippen LogP contribution in [0.2, 0.25) is 8.67 Å². The van der Waals surface area contributed by atoms with Crippen LogP contribution in [0.1, 0.15) is 30.1 Å². The van der Waals surface area contributed by atoms with E-state index in [4.69, 9.17) is 23.2 Å². The molecule has 1 unspecified atom stereocenters. The van der Waals surface area contributed by atoms with Crippen molar-refractivity contribution in [2.45, 2.75) is 19.8 Å². The topological polar surface area (TPSA) is 37.4 Å². The highest BCUT2D eigenvalue weighted by molar-refractivity contribution is 7.20. The summed E-state index contributed by atoms with van der Waals surface area (Å²) >= 11 is 12.9. The first-order valence-electron chi connectivity index (χ1n) is 5.77. The Morgan fingerprint density at radius 1 is 1.56 bits per heavy atom. The van der Waals surface area contributed by atoms with Gasteiger partial charge in [0.15, 0.2) is 5.78 Å². The SMILES string of the molecule is CCC1CC(=O)N(CC(=O)c2cc(Cl)sc2Cl)C1. The van der Waals surface area contributed by atoms with Crippen molar-refractivity contribution in [3.63, 3.8) is 0 Å². The highest BCUT2D eigenvalue weighted by atomic mass is 35.5. The third-order valence-electron chi connectivity index (χ3n) is 3.16. The number of ketones is 1. The van der Waals surface area contributed by atoms with E-state index in [1.807, 2.05) is 0 Å². The zero-order valence-electron chi connectivity index (χ0n) is 9.91. The second-order valence-electron chi connectivity index (χ2n) is 4.41. The molecule has 18 heavy (non-hydrogen) atoms. The van der Waals surface area contributed by atoms with E-state index in [2.05, 4.69) is 6.92 Å². The second kappa shape index (κ2) is 5.59. The number of rotatable bonds is 4. The summed E-state index contributed by atoms with van der Waals surface area (Å²) in [7, 11) is 0. The largest absolute Gasteiger partial charge is 0.335 e. The van der Waals surface area contributed by atoms with Gasteiger partial charge in [-0.25, -0.2) is 0 Å². The number of amides is 1. The van der Waals surface area contributed by atoms with Crippen molar-refractivity contribution in [1.29, 1.82) is 0 Å². The standard InChI is InChI=1S/C12H13Cl2NO2S/c1-2-7-3-11(17)15(5-7)6-9(16)8-4-10(13)18-12(8)14/h4,7H,2-3,5-6H2,1H3. The van der Waals surface area contributed by atoms with Crippen LogP contribution in [0.4, 0.5) is 0 Å². The third kappa shape index (κ3) is 2.87. The zero-order chi connectivity index (χ0) is 13.3. The molecule has 0 aliphatic carbocycles. The number of carbonyl (C=O) groups excluding carboxylic acids is 2. The molecule has 0 N–H and O–H groups in total. The number of Topliss-reactive ketones (excluding diaryl/α,β-unsaturated/α-hetero) is 1. The van der Waals surface area contributed by atoms with Crippen LogP contribution < -0.4 is 0 Å². The highest BCUT2D eigenvalue weighted by Gasteiger charge is 2.30. The van der Waals surface area contributed by atoms with Crippen molar-refractivity contribution in [1.82, 2.24) is 4.90 Å². The molecule has 1 saturated heterocycles. The van der Waals surface area contributed by atoms with Gasteiger partial charge < -0.3 is 4.90 Å². The van der Waals surface area contributed by atoms with Gasteiger partial charge in [0.25, 0.3) is 0 Å². The van der Waals surface area contributed by atoms with Gasteiger partial charge in [0.05, 0.1) is 16.4 Å². The van der Waals surface area contributed by atoms with E-state index in [1.165, 1.54) is 11.3 Å². The van der Waals surface area contributed by atoms with Gasteiger partial charge >= 0.3 is 0 Å². The van der Waals surface area contributed by atoms with Gasteiger partial charge in [-0.1, -0.05) is 36.5 Å². The summed E-state index contributed by atoms with van der Waals surface area (Å²) in [6, 6.07) is 1.56. The Balaban J connectivity index is 2.04. The highest BCUT2D eigenvalue weighted by Crippen LogP contribution is 2.32. The van der Waals surface area contributed by atoms with E-state index in [0.29, 0.717) is 33.1 Å². The molecule has 1 amide bonds. The zero-order valence-corrected chi connectivity index (χ0v) is 12.2. The van der Waals surface area contributed by atoms with Crippen LogP contribution in [0.15, 0.2) is 6.07 Å². The summed E-state index contributed by atoms with van der Waals surface area (Å²) in [5, 5.41) is 0. The summed E-state index contributed by atoms with van der Waals surface area (Å²) in [5.41, 5.74) is 0.416. The molecule has 1 aliphatic rings. The van der Waals surface area contributed by atoms with Gasteiger partial charge in [0.1, 0.15) is 4.34 Å². The van der Waals surface area contributed by atoms with Gasteiger partial charge in [-0.05, 0) is 12.0 Å². The van der Waals surface area contributed by atoms with Crippen LogP contribution in [0, 0.1) is 5.92 Å². The van der Waals surface area contributed by atoms with Gasteiger partial charge in [-0.15, -0.1) is 11.3 Å². The van der Waals surface area contributed by atoms with Gasteiger partial charge in [-0.2, -0.15) is 0 Å². The van der Waals surface area contributed by atoms with E-state index in [9.17, 15) is 9.59 Å². The molecule has 1 aromatic heterocycles. The lowest BCUT2D eigenvalue weighted by molar-refractivity contribution is -0.127. The molecule has 1 aromatic rings. The monoisotopic (exact) mass is 305 g/mol. The number of likely N-dealkylation sites (tertiary alicyclic amines) is 1. The molecule has 0 aromatic carbocycles. The molecule has 98 valence electrons. The lowest BCUT2D eigenvalue weighted by atomic mass is 10.1. The summed E-state index contributed by atoms with van der Waals surface area (Å²) in [4.78, 5) is 25.4. The number of hydrogen-bond acceptors (Lipinski definition) is 3. The van der Waals surface area contributed by atoms with Crippen LogP contribution in [0.25, 0.3) is 0 Å². The molecule has 0 radical (unpaired) electrons. The maximum Gasteiger partial charge on any atom is 0.223 e. The predicted molar refractivity (Wildman–Crippen MR) is 73.6 cm³/mol. The molecule has 0 spiro atoms.